The van der Waals surface area contributed by atoms with Crippen LogP contribution in [0.1, 0.15) is 36.0 Å². The quantitative estimate of drug-likeness (QED) is 0.716. The van der Waals surface area contributed by atoms with E-state index in [-0.39, 0.29) is 41.5 Å². The number of nitrogens with zero attached hydrogens (tertiary/aromatic N) is 3. The second kappa shape index (κ2) is 9.09. The molecule has 0 radical (unpaired) electrons. The van der Waals surface area contributed by atoms with E-state index in [0.717, 1.165) is 30.0 Å². The van der Waals surface area contributed by atoms with Gasteiger partial charge < -0.3 is 20.1 Å². The molecule has 2 aromatic rings. The lowest BCUT2D eigenvalue weighted by molar-refractivity contribution is -0.137. The molecule has 2 aliphatic heterocycles. The van der Waals surface area contributed by atoms with Crippen molar-refractivity contribution in [3.8, 4) is 11.3 Å². The first-order valence-corrected chi connectivity index (χ1v) is 11.9. The van der Waals surface area contributed by atoms with Gasteiger partial charge in [-0.25, -0.2) is 0 Å². The molecule has 2 N–H and O–H groups in total. The normalized spacial score (nSPS) is 29.5. The fraction of sp³-hybridized carbons (Fsp3) is 0.600. The Morgan fingerprint density at radius 1 is 1.12 bits per heavy atom. The Morgan fingerprint density at radius 3 is 2.68 bits per heavy atom. The number of aryl methyl sites for hydroxylation is 2. The number of hydrogen-bond acceptors (Lipinski definition) is 6. The van der Waals surface area contributed by atoms with Crippen molar-refractivity contribution in [3.63, 3.8) is 0 Å². The van der Waals surface area contributed by atoms with Gasteiger partial charge in [0.15, 0.2) is 5.82 Å². The molecule has 3 heterocycles. The summed E-state index contributed by atoms with van der Waals surface area (Å²) in [5, 5.41) is 8.50. The summed E-state index contributed by atoms with van der Waals surface area (Å²) < 4.78 is 54.5. The number of halogens is 3. The van der Waals surface area contributed by atoms with E-state index in [0.29, 0.717) is 38.3 Å². The topological polar surface area (TPSA) is 73.5 Å². The molecule has 0 bridgehead atoms. The maximum absolute atomic E-state index is 14.4. The van der Waals surface area contributed by atoms with Crippen molar-refractivity contribution < 1.29 is 22.6 Å². The molecular weight excluding hydrogens is 445 g/mol. The Hall–Kier alpha value is -2.23. The van der Waals surface area contributed by atoms with Crippen molar-refractivity contribution in [2.75, 3.05) is 31.3 Å². The Balaban J connectivity index is 1.53. The van der Waals surface area contributed by atoms with E-state index in [9.17, 15) is 13.2 Å². The van der Waals surface area contributed by atoms with Crippen LogP contribution in [-0.4, -0.2) is 54.8 Å². The van der Waals surface area contributed by atoms with Crippen LogP contribution in [0, 0.1) is 25.7 Å². The molecule has 2 saturated heterocycles. The van der Waals surface area contributed by atoms with Gasteiger partial charge in [0.2, 0.25) is 0 Å². The summed E-state index contributed by atoms with van der Waals surface area (Å²) in [6.07, 6.45) is -2.50. The lowest BCUT2D eigenvalue weighted by Crippen LogP contribution is -2.41. The molecule has 5 atom stereocenters. The average Bonchev–Trinajstić information content (AvgIpc) is 3.32. The van der Waals surface area contributed by atoms with Crippen LogP contribution in [0.4, 0.5) is 19.0 Å². The Kier molecular flexibility index (Phi) is 6.29. The second-order valence-corrected chi connectivity index (χ2v) is 9.96. The third kappa shape index (κ3) is 4.53. The van der Waals surface area contributed by atoms with Crippen LogP contribution in [0.5, 0.6) is 0 Å². The van der Waals surface area contributed by atoms with Crippen LogP contribution < -0.4 is 10.6 Å². The van der Waals surface area contributed by atoms with Crippen LogP contribution in [0.3, 0.4) is 0 Å². The molecule has 9 heteroatoms. The van der Waals surface area contributed by atoms with Gasteiger partial charge in [0.25, 0.3) is 0 Å². The van der Waals surface area contributed by atoms with Gasteiger partial charge >= 0.3 is 6.18 Å². The number of rotatable bonds is 4. The Labute approximate surface area is 197 Å². The highest BCUT2D eigenvalue weighted by Crippen LogP contribution is 2.47. The summed E-state index contributed by atoms with van der Waals surface area (Å²) in [6.45, 7) is 5.78. The second-order valence-electron chi connectivity index (χ2n) is 9.96. The molecule has 3 aliphatic rings. The summed E-state index contributed by atoms with van der Waals surface area (Å²) in [5.74, 6) is 0.361. The smallest absolute Gasteiger partial charge is 0.376 e. The summed E-state index contributed by atoms with van der Waals surface area (Å²) >= 11 is 0. The fourth-order valence-corrected chi connectivity index (χ4v) is 5.94. The van der Waals surface area contributed by atoms with Gasteiger partial charge in [-0.1, -0.05) is 17.7 Å². The van der Waals surface area contributed by atoms with Crippen LogP contribution in [-0.2, 0) is 15.7 Å². The molecule has 184 valence electrons. The van der Waals surface area contributed by atoms with Crippen molar-refractivity contribution in [3.05, 3.63) is 41.0 Å². The van der Waals surface area contributed by atoms with Crippen molar-refractivity contribution >= 4 is 5.82 Å². The van der Waals surface area contributed by atoms with Gasteiger partial charge in [-0.2, -0.15) is 13.2 Å². The number of benzene rings is 1. The number of fused-ring (bicyclic) bond motifs is 1. The highest BCUT2D eigenvalue weighted by Gasteiger charge is 2.50. The van der Waals surface area contributed by atoms with Gasteiger partial charge in [-0.15, -0.1) is 10.2 Å². The van der Waals surface area contributed by atoms with Gasteiger partial charge in [0.05, 0.1) is 31.6 Å². The first-order chi connectivity index (χ1) is 16.2. The summed E-state index contributed by atoms with van der Waals surface area (Å²) in [7, 11) is 0. The molecule has 1 saturated carbocycles. The summed E-state index contributed by atoms with van der Waals surface area (Å²) in [6, 6.07) is 6.77. The Morgan fingerprint density at radius 2 is 1.94 bits per heavy atom. The maximum atomic E-state index is 14.4. The lowest BCUT2D eigenvalue weighted by Gasteiger charge is -2.34. The zero-order chi connectivity index (χ0) is 24.0. The van der Waals surface area contributed by atoms with E-state index in [1.807, 2.05) is 36.9 Å². The van der Waals surface area contributed by atoms with Crippen molar-refractivity contribution in [2.45, 2.75) is 57.5 Å². The Bertz CT molecular complexity index is 1040. The van der Waals surface area contributed by atoms with E-state index in [4.69, 9.17) is 15.2 Å². The molecule has 1 aromatic heterocycles. The van der Waals surface area contributed by atoms with E-state index in [1.165, 1.54) is 0 Å². The molecule has 0 spiro atoms. The molecular formula is C25H31F3N4O2. The van der Waals surface area contributed by atoms with Crippen molar-refractivity contribution in [1.29, 1.82) is 0 Å². The summed E-state index contributed by atoms with van der Waals surface area (Å²) in [5.41, 5.74) is 8.21. The molecule has 1 aliphatic carbocycles. The van der Waals surface area contributed by atoms with Gasteiger partial charge in [0.1, 0.15) is 5.56 Å². The number of hydrogen-bond donors (Lipinski definition) is 1. The van der Waals surface area contributed by atoms with E-state index < -0.39 is 11.7 Å². The number of alkyl halides is 3. The fourth-order valence-electron chi connectivity index (χ4n) is 5.94. The van der Waals surface area contributed by atoms with Crippen LogP contribution in [0.15, 0.2) is 24.3 Å². The minimum absolute atomic E-state index is 0.0861. The van der Waals surface area contributed by atoms with Gasteiger partial charge in [-0.3, -0.25) is 0 Å². The van der Waals surface area contributed by atoms with E-state index in [1.54, 1.807) is 0 Å². The van der Waals surface area contributed by atoms with E-state index in [2.05, 4.69) is 10.2 Å². The number of aromatic nitrogens is 2. The zero-order valence-electron chi connectivity index (χ0n) is 19.5. The molecule has 0 unspecified atom stereocenters. The molecule has 1 aromatic carbocycles. The summed E-state index contributed by atoms with van der Waals surface area (Å²) in [4.78, 5) is 1.82. The SMILES string of the molecule is Cc1ccc(C)c(-c2cc(C(F)(F)F)c(N3C[C@H]4C[C@H](N)C[C@@H]4[C@@H]3C[C@H]3COCCO3)nn2)c1. The first kappa shape index (κ1) is 23.5. The molecule has 6 nitrogen and oxygen atoms in total. The lowest BCUT2D eigenvalue weighted by atomic mass is 9.90. The molecule has 34 heavy (non-hydrogen) atoms. The predicted octanol–water partition coefficient (Wildman–Crippen LogP) is 4.13. The monoisotopic (exact) mass is 476 g/mol. The van der Waals surface area contributed by atoms with Gasteiger partial charge in [-0.05, 0) is 62.6 Å². The largest absolute Gasteiger partial charge is 0.420 e. The minimum atomic E-state index is -4.55. The van der Waals surface area contributed by atoms with Crippen LogP contribution >= 0.6 is 0 Å². The molecule has 5 rings (SSSR count). The highest BCUT2D eigenvalue weighted by atomic mass is 19.4. The van der Waals surface area contributed by atoms with Crippen LogP contribution in [0.2, 0.25) is 0 Å². The number of nitrogens with two attached hydrogens (primary N) is 1. The van der Waals surface area contributed by atoms with Crippen LogP contribution in [0.25, 0.3) is 11.3 Å². The third-order valence-electron chi connectivity index (χ3n) is 7.52. The number of anilines is 1. The maximum Gasteiger partial charge on any atom is 0.420 e. The van der Waals surface area contributed by atoms with Crippen molar-refractivity contribution in [2.24, 2.45) is 17.6 Å². The minimum Gasteiger partial charge on any atom is -0.376 e. The highest BCUT2D eigenvalue weighted by molar-refractivity contribution is 5.67. The molecule has 3 fully saturated rings. The standard InChI is InChI=1S/C25H31F3N4O2/c1-14-3-4-15(2)19(7-14)22-11-21(25(26,27)28)24(31-30-22)32-12-16-8-17(29)9-20(16)23(32)10-18-13-33-5-6-34-18/h3-4,7,11,16-18,20,23H,5-6,8-10,12-13,29H2,1-2H3/t16-,17+,18+,20+,23+/m1/s1. The number of ether oxygens (including phenoxy) is 2. The third-order valence-corrected chi connectivity index (χ3v) is 7.52. The zero-order valence-corrected chi connectivity index (χ0v) is 19.5. The first-order valence-electron chi connectivity index (χ1n) is 11.9. The predicted molar refractivity (Wildman–Crippen MR) is 122 cm³/mol. The van der Waals surface area contributed by atoms with Gasteiger partial charge in [0, 0.05) is 24.2 Å². The van der Waals surface area contributed by atoms with E-state index >= 15 is 0 Å². The van der Waals surface area contributed by atoms with Crippen molar-refractivity contribution in [1.82, 2.24) is 10.2 Å². The average molecular weight is 477 g/mol. The molecule has 0 amide bonds.